The predicted molar refractivity (Wildman–Crippen MR) is 133 cm³/mol. The van der Waals surface area contributed by atoms with Crippen LogP contribution in [-0.4, -0.2) is 58.3 Å². The first-order chi connectivity index (χ1) is 16.5. The van der Waals surface area contributed by atoms with E-state index in [4.69, 9.17) is 11.6 Å². The van der Waals surface area contributed by atoms with Crippen LogP contribution in [0.3, 0.4) is 0 Å². The fourth-order valence-electron chi connectivity index (χ4n) is 4.67. The van der Waals surface area contributed by atoms with E-state index in [-0.39, 0.29) is 24.4 Å². The maximum atomic E-state index is 13.2. The van der Waals surface area contributed by atoms with Crippen LogP contribution < -0.4 is 10.6 Å². The van der Waals surface area contributed by atoms with Gasteiger partial charge in [-0.25, -0.2) is 9.78 Å². The molecule has 2 aromatic rings. The maximum absolute atomic E-state index is 13.2. The van der Waals surface area contributed by atoms with Gasteiger partial charge in [0, 0.05) is 36.2 Å². The number of hydrogen-bond acceptors (Lipinski definition) is 5. The Labute approximate surface area is 208 Å². The molecule has 1 atom stereocenters. The summed E-state index contributed by atoms with van der Waals surface area (Å²) in [5, 5.41) is 8.71. The molecule has 1 aromatic heterocycles. The second-order valence-corrected chi connectivity index (χ2v) is 10.2. The minimum atomic E-state index is -0.557. The summed E-state index contributed by atoms with van der Waals surface area (Å²) in [6, 6.07) is 6.40. The Morgan fingerprint density at radius 3 is 2.59 bits per heavy atom. The molecular formula is C24H30ClN5O3S. The molecule has 2 aliphatic rings. The molecule has 1 aromatic carbocycles. The second kappa shape index (κ2) is 11.7. The van der Waals surface area contributed by atoms with Crippen LogP contribution in [-0.2, 0) is 16.1 Å². The molecule has 0 unspecified atom stereocenters. The first kappa shape index (κ1) is 24.5. The van der Waals surface area contributed by atoms with Crippen LogP contribution in [0.25, 0.3) is 0 Å². The molecule has 2 heterocycles. The highest BCUT2D eigenvalue weighted by atomic mass is 35.5. The van der Waals surface area contributed by atoms with Crippen molar-refractivity contribution in [2.45, 2.75) is 51.1 Å². The number of thiazole rings is 1. The predicted octanol–water partition coefficient (Wildman–Crippen LogP) is 4.13. The van der Waals surface area contributed by atoms with Crippen LogP contribution in [0.2, 0.25) is 5.02 Å². The van der Waals surface area contributed by atoms with E-state index in [1.807, 2.05) is 12.1 Å². The number of anilines is 1. The van der Waals surface area contributed by atoms with Gasteiger partial charge in [-0.2, -0.15) is 0 Å². The number of hydrogen-bond donors (Lipinski definition) is 2. The van der Waals surface area contributed by atoms with Crippen LogP contribution in [0.4, 0.5) is 9.93 Å². The van der Waals surface area contributed by atoms with Crippen molar-refractivity contribution >= 4 is 45.9 Å². The molecule has 2 fully saturated rings. The number of nitrogens with zero attached hydrogens (tertiary/aromatic N) is 3. The second-order valence-electron chi connectivity index (χ2n) is 8.88. The molecule has 10 heteroatoms. The van der Waals surface area contributed by atoms with Gasteiger partial charge in [0.25, 0.3) is 0 Å². The number of carbonyl (C=O) groups is 3. The third kappa shape index (κ3) is 6.48. The van der Waals surface area contributed by atoms with Crippen molar-refractivity contribution in [3.63, 3.8) is 0 Å². The van der Waals surface area contributed by atoms with Crippen molar-refractivity contribution < 1.29 is 14.4 Å². The summed E-state index contributed by atoms with van der Waals surface area (Å²) in [5.41, 5.74) is 0.925. The van der Waals surface area contributed by atoms with E-state index in [1.165, 1.54) is 35.5 Å². The molecular weight excluding hydrogens is 474 g/mol. The molecule has 8 nitrogen and oxygen atoms in total. The van der Waals surface area contributed by atoms with Crippen LogP contribution >= 0.6 is 22.9 Å². The first-order valence-corrected chi connectivity index (χ1v) is 13.0. The third-order valence-corrected chi connectivity index (χ3v) is 7.46. The molecule has 1 saturated carbocycles. The summed E-state index contributed by atoms with van der Waals surface area (Å²) >= 11 is 7.26. The van der Waals surface area contributed by atoms with Crippen molar-refractivity contribution in [2.24, 2.45) is 5.92 Å². The lowest BCUT2D eigenvalue weighted by molar-refractivity contribution is -0.142. The Balaban J connectivity index is 1.37. The van der Waals surface area contributed by atoms with Gasteiger partial charge in [-0.15, -0.1) is 11.3 Å². The number of amides is 4. The van der Waals surface area contributed by atoms with Gasteiger partial charge in [-0.1, -0.05) is 55.8 Å². The summed E-state index contributed by atoms with van der Waals surface area (Å²) in [6.07, 6.45) is 8.02. The smallest absolute Gasteiger partial charge is 0.318 e. The SMILES string of the molecule is O=C(Nc1nccs1)[C@H](CC1CCCCC1)N1CCN(C(=O)NCc2ccc(Cl)cc2)CC1=O. The van der Waals surface area contributed by atoms with Gasteiger partial charge in [0.15, 0.2) is 5.13 Å². The number of nitrogens with one attached hydrogen (secondary N) is 2. The average Bonchev–Trinajstić information content (AvgIpc) is 3.36. The van der Waals surface area contributed by atoms with Crippen LogP contribution in [0.1, 0.15) is 44.1 Å². The molecule has 0 spiro atoms. The maximum Gasteiger partial charge on any atom is 0.318 e. The third-order valence-electron chi connectivity index (χ3n) is 6.52. The fourth-order valence-corrected chi connectivity index (χ4v) is 5.33. The van der Waals surface area contributed by atoms with Gasteiger partial charge in [0.1, 0.15) is 12.6 Å². The lowest BCUT2D eigenvalue weighted by Crippen LogP contribution is -2.59. The lowest BCUT2D eigenvalue weighted by atomic mass is 9.84. The van der Waals surface area contributed by atoms with Crippen LogP contribution in [0.5, 0.6) is 0 Å². The fraction of sp³-hybridized carbons (Fsp3) is 0.500. The highest BCUT2D eigenvalue weighted by Crippen LogP contribution is 2.30. The zero-order valence-electron chi connectivity index (χ0n) is 19.0. The molecule has 1 saturated heterocycles. The van der Waals surface area contributed by atoms with E-state index < -0.39 is 6.04 Å². The Kier molecular flexibility index (Phi) is 8.39. The number of urea groups is 1. The number of carbonyl (C=O) groups excluding carboxylic acids is 3. The zero-order valence-corrected chi connectivity index (χ0v) is 20.6. The summed E-state index contributed by atoms with van der Waals surface area (Å²) in [6.45, 7) is 1.02. The minimum Gasteiger partial charge on any atom is -0.334 e. The van der Waals surface area contributed by atoms with Gasteiger partial charge >= 0.3 is 6.03 Å². The molecule has 1 aliphatic carbocycles. The summed E-state index contributed by atoms with van der Waals surface area (Å²) in [4.78, 5) is 46.3. The van der Waals surface area contributed by atoms with E-state index in [0.29, 0.717) is 42.1 Å². The number of aromatic nitrogens is 1. The molecule has 2 N–H and O–H groups in total. The van der Waals surface area contributed by atoms with Gasteiger partial charge in [0.05, 0.1) is 0 Å². The van der Waals surface area contributed by atoms with E-state index in [9.17, 15) is 14.4 Å². The van der Waals surface area contributed by atoms with Crippen LogP contribution in [0, 0.1) is 5.92 Å². The number of halogens is 1. The standard InChI is InChI=1S/C24H30ClN5O3S/c25-19-8-6-18(7-9-19)15-27-24(33)29-11-12-30(21(31)16-29)20(14-17-4-2-1-3-5-17)22(32)28-23-26-10-13-34-23/h6-10,13,17,20H,1-5,11-12,14-16H2,(H,27,33)(H,26,28,32)/t20-/m0/s1. The van der Waals surface area contributed by atoms with Gasteiger partial charge in [-0.05, 0) is 30.0 Å². The lowest BCUT2D eigenvalue weighted by Gasteiger charge is -2.39. The molecule has 4 amide bonds. The Hall–Kier alpha value is -2.65. The van der Waals surface area contributed by atoms with E-state index in [2.05, 4.69) is 15.6 Å². The Bertz CT molecular complexity index is 979. The van der Waals surface area contributed by atoms with Crippen molar-refractivity contribution in [3.8, 4) is 0 Å². The molecule has 0 radical (unpaired) electrons. The van der Waals surface area contributed by atoms with E-state index in [0.717, 1.165) is 18.4 Å². The van der Waals surface area contributed by atoms with Crippen molar-refractivity contribution in [1.29, 1.82) is 0 Å². The van der Waals surface area contributed by atoms with Crippen molar-refractivity contribution in [3.05, 3.63) is 46.4 Å². The highest BCUT2D eigenvalue weighted by Gasteiger charge is 2.37. The van der Waals surface area contributed by atoms with E-state index in [1.54, 1.807) is 28.6 Å². The van der Waals surface area contributed by atoms with Gasteiger partial charge in [0.2, 0.25) is 11.8 Å². The molecule has 1 aliphatic heterocycles. The monoisotopic (exact) mass is 503 g/mol. The normalized spacial score (nSPS) is 18.0. The number of benzene rings is 1. The molecule has 4 rings (SSSR count). The van der Waals surface area contributed by atoms with Gasteiger partial charge in [-0.3, -0.25) is 9.59 Å². The average molecular weight is 504 g/mol. The Morgan fingerprint density at radius 2 is 1.91 bits per heavy atom. The molecule has 0 bridgehead atoms. The highest BCUT2D eigenvalue weighted by molar-refractivity contribution is 7.13. The number of piperazine rings is 1. The van der Waals surface area contributed by atoms with Crippen molar-refractivity contribution in [2.75, 3.05) is 25.0 Å². The topological polar surface area (TPSA) is 94.6 Å². The first-order valence-electron chi connectivity index (χ1n) is 11.8. The quantitative estimate of drug-likeness (QED) is 0.594. The summed E-state index contributed by atoms with van der Waals surface area (Å²) in [7, 11) is 0. The zero-order chi connectivity index (χ0) is 23.9. The number of rotatable bonds is 7. The molecule has 182 valence electrons. The van der Waals surface area contributed by atoms with Gasteiger partial charge < -0.3 is 20.4 Å². The largest absolute Gasteiger partial charge is 0.334 e. The van der Waals surface area contributed by atoms with Crippen molar-refractivity contribution in [1.82, 2.24) is 20.1 Å². The van der Waals surface area contributed by atoms with Crippen LogP contribution in [0.15, 0.2) is 35.8 Å². The molecule has 34 heavy (non-hydrogen) atoms. The minimum absolute atomic E-state index is 0.0435. The summed E-state index contributed by atoms with van der Waals surface area (Å²) in [5.74, 6) is 0.0202. The Morgan fingerprint density at radius 1 is 1.15 bits per heavy atom. The van der Waals surface area contributed by atoms with E-state index >= 15 is 0 Å². The summed E-state index contributed by atoms with van der Waals surface area (Å²) < 4.78 is 0.